The van der Waals surface area contributed by atoms with Crippen molar-refractivity contribution in [1.29, 1.82) is 0 Å². The minimum absolute atomic E-state index is 0.185. The third-order valence-corrected chi connectivity index (χ3v) is 5.89. The molecule has 1 heterocycles. The summed E-state index contributed by atoms with van der Waals surface area (Å²) in [5.74, 6) is 1.02. The minimum atomic E-state index is 0.185. The molecule has 0 unspecified atom stereocenters. The topological polar surface area (TPSA) is 61.3 Å². The molecule has 4 nitrogen and oxygen atoms in total. The van der Waals surface area contributed by atoms with Crippen LogP contribution in [-0.4, -0.2) is 21.3 Å². The molecule has 32 heavy (non-hydrogen) atoms. The molecule has 2 N–H and O–H groups in total. The molecule has 1 aromatic heterocycles. The van der Waals surface area contributed by atoms with E-state index in [9.17, 15) is 5.11 Å². The van der Waals surface area contributed by atoms with Crippen molar-refractivity contribution in [3.8, 4) is 17.1 Å². The van der Waals surface area contributed by atoms with Gasteiger partial charge in [-0.2, -0.15) is 0 Å². The van der Waals surface area contributed by atoms with E-state index in [2.05, 4.69) is 43.0 Å². The third-order valence-electron chi connectivity index (χ3n) is 5.29. The van der Waals surface area contributed by atoms with E-state index in [1.807, 2.05) is 78.9 Å². The van der Waals surface area contributed by atoms with E-state index in [-0.39, 0.29) is 5.75 Å². The lowest BCUT2D eigenvalue weighted by Gasteiger charge is -2.08. The van der Waals surface area contributed by atoms with E-state index in [1.165, 1.54) is 5.56 Å². The number of aromatic nitrogens is 2. The molecule has 0 aliphatic heterocycles. The number of H-pyrrole nitrogens is 1. The van der Waals surface area contributed by atoms with Crippen molar-refractivity contribution < 1.29 is 5.11 Å². The van der Waals surface area contributed by atoms with E-state index in [0.717, 1.165) is 40.1 Å². The Labute approximate surface area is 194 Å². The van der Waals surface area contributed by atoms with Crippen molar-refractivity contribution in [3.63, 3.8) is 0 Å². The fourth-order valence-electron chi connectivity index (χ4n) is 3.65. The lowest BCUT2D eigenvalue weighted by Crippen LogP contribution is -1.92. The van der Waals surface area contributed by atoms with Crippen molar-refractivity contribution in [1.82, 2.24) is 9.97 Å². The summed E-state index contributed by atoms with van der Waals surface area (Å²) in [6.45, 7) is 0. The van der Waals surface area contributed by atoms with Crippen LogP contribution >= 0.6 is 15.9 Å². The van der Waals surface area contributed by atoms with E-state index in [4.69, 9.17) is 0 Å². The smallest absolute Gasteiger partial charge is 0.138 e. The summed E-state index contributed by atoms with van der Waals surface area (Å²) in [6, 6.07) is 30.0. The van der Waals surface area contributed by atoms with Crippen molar-refractivity contribution in [3.05, 3.63) is 112 Å². The van der Waals surface area contributed by atoms with Gasteiger partial charge >= 0.3 is 0 Å². The van der Waals surface area contributed by atoms with Gasteiger partial charge in [-0.15, -0.1) is 0 Å². The summed E-state index contributed by atoms with van der Waals surface area (Å²) < 4.78 is 0.660. The summed E-state index contributed by atoms with van der Waals surface area (Å²) in [5, 5.41) is 10.5. The number of fused-ring (bicyclic) bond motifs is 1. The van der Waals surface area contributed by atoms with Gasteiger partial charge in [-0.25, -0.2) is 4.98 Å². The van der Waals surface area contributed by atoms with Gasteiger partial charge in [0.05, 0.1) is 21.2 Å². The van der Waals surface area contributed by atoms with Crippen LogP contribution in [0.5, 0.6) is 5.75 Å². The van der Waals surface area contributed by atoms with E-state index >= 15 is 0 Å². The second kappa shape index (κ2) is 8.81. The number of phenolic OH excluding ortho intramolecular Hbond substituents is 1. The molecule has 5 rings (SSSR count). The summed E-state index contributed by atoms with van der Waals surface area (Å²) in [4.78, 5) is 12.5. The zero-order chi connectivity index (χ0) is 21.9. The number of aliphatic imine (C=N–C) groups is 1. The number of benzene rings is 4. The number of hydrogen-bond acceptors (Lipinski definition) is 3. The number of nitrogens with zero attached hydrogens (tertiary/aromatic N) is 2. The molecular formula is C27H20BrN3O. The molecule has 0 aliphatic rings. The van der Waals surface area contributed by atoms with Gasteiger partial charge < -0.3 is 10.1 Å². The highest BCUT2D eigenvalue weighted by atomic mass is 79.9. The summed E-state index contributed by atoms with van der Waals surface area (Å²) >= 11 is 3.46. The van der Waals surface area contributed by atoms with E-state index in [0.29, 0.717) is 10.0 Å². The molecule has 4 aromatic carbocycles. The van der Waals surface area contributed by atoms with Crippen LogP contribution in [0.3, 0.4) is 0 Å². The summed E-state index contributed by atoms with van der Waals surface area (Å²) in [5.41, 5.74) is 6.75. The molecule has 0 spiro atoms. The van der Waals surface area contributed by atoms with Gasteiger partial charge in [-0.3, -0.25) is 4.99 Å². The van der Waals surface area contributed by atoms with Crippen molar-refractivity contribution >= 4 is 38.9 Å². The first kappa shape index (κ1) is 20.2. The number of nitrogens with one attached hydrogen (secondary N) is 1. The lowest BCUT2D eigenvalue weighted by atomic mass is 10.0. The number of para-hydroxylation sites is 2. The molecule has 0 fully saturated rings. The molecular weight excluding hydrogens is 462 g/mol. The highest BCUT2D eigenvalue weighted by Gasteiger charge is 2.08. The first-order valence-electron chi connectivity index (χ1n) is 10.3. The Kier molecular flexibility index (Phi) is 5.57. The highest BCUT2D eigenvalue weighted by molar-refractivity contribution is 9.10. The largest absolute Gasteiger partial charge is 0.506 e. The summed E-state index contributed by atoms with van der Waals surface area (Å²) in [7, 11) is 0. The second-order valence-electron chi connectivity index (χ2n) is 7.59. The maximum absolute atomic E-state index is 10.5. The number of aromatic amines is 1. The van der Waals surface area contributed by atoms with Crippen molar-refractivity contribution in [2.45, 2.75) is 6.42 Å². The van der Waals surface area contributed by atoms with Crippen LogP contribution in [0.4, 0.5) is 5.69 Å². The Morgan fingerprint density at radius 2 is 1.62 bits per heavy atom. The van der Waals surface area contributed by atoms with Crippen LogP contribution in [0.25, 0.3) is 22.4 Å². The van der Waals surface area contributed by atoms with E-state index in [1.54, 1.807) is 6.21 Å². The number of halogens is 1. The maximum atomic E-state index is 10.5. The minimum Gasteiger partial charge on any atom is -0.506 e. The average Bonchev–Trinajstić information content (AvgIpc) is 3.26. The predicted molar refractivity (Wildman–Crippen MR) is 134 cm³/mol. The highest BCUT2D eigenvalue weighted by Crippen LogP contribution is 2.30. The Hall–Kier alpha value is -3.70. The number of imidazole rings is 1. The Bertz CT molecular complexity index is 1370. The molecule has 0 aliphatic carbocycles. The van der Waals surface area contributed by atoms with Gasteiger partial charge in [0.25, 0.3) is 0 Å². The quantitative estimate of drug-likeness (QED) is 0.264. The van der Waals surface area contributed by atoms with Crippen LogP contribution in [0.15, 0.2) is 100 Å². The van der Waals surface area contributed by atoms with Crippen molar-refractivity contribution in [2.75, 3.05) is 0 Å². The number of hydrogen-bond donors (Lipinski definition) is 2. The van der Waals surface area contributed by atoms with Crippen LogP contribution in [0, 0.1) is 0 Å². The molecule has 5 aromatic rings. The van der Waals surface area contributed by atoms with Crippen LogP contribution < -0.4 is 0 Å². The first-order valence-corrected chi connectivity index (χ1v) is 11.1. The standard InChI is InChI=1S/C27H20BrN3O/c28-23-16-19(14-18-6-2-1-3-7-18)15-21(26(23)32)17-29-22-12-10-20(11-13-22)27-30-24-8-4-5-9-25(24)31-27/h1-13,15-17,32H,14H2,(H,30,31). The molecule has 0 radical (unpaired) electrons. The zero-order valence-electron chi connectivity index (χ0n) is 17.2. The monoisotopic (exact) mass is 481 g/mol. The van der Waals surface area contributed by atoms with Gasteiger partial charge in [0.15, 0.2) is 0 Å². The van der Waals surface area contributed by atoms with Gasteiger partial charge in [0, 0.05) is 17.3 Å². The normalized spacial score (nSPS) is 11.4. The predicted octanol–water partition coefficient (Wildman–Crippen LogP) is 7.04. The van der Waals surface area contributed by atoms with Crippen LogP contribution in [0.1, 0.15) is 16.7 Å². The molecule has 0 bridgehead atoms. The maximum Gasteiger partial charge on any atom is 0.138 e. The van der Waals surface area contributed by atoms with Gasteiger partial charge in [-0.1, -0.05) is 42.5 Å². The summed E-state index contributed by atoms with van der Waals surface area (Å²) in [6.07, 6.45) is 2.48. The third kappa shape index (κ3) is 4.34. The van der Waals surface area contributed by atoms with E-state index < -0.39 is 0 Å². The number of phenols is 1. The van der Waals surface area contributed by atoms with Gasteiger partial charge in [0.1, 0.15) is 11.6 Å². The molecule has 0 atom stereocenters. The van der Waals surface area contributed by atoms with Gasteiger partial charge in [0.2, 0.25) is 0 Å². The fraction of sp³-hybridized carbons (Fsp3) is 0.0370. The number of aromatic hydroxyl groups is 1. The Morgan fingerprint density at radius 3 is 2.41 bits per heavy atom. The molecule has 0 saturated carbocycles. The lowest BCUT2D eigenvalue weighted by molar-refractivity contribution is 0.471. The van der Waals surface area contributed by atoms with Crippen molar-refractivity contribution in [2.24, 2.45) is 4.99 Å². The van der Waals surface area contributed by atoms with Gasteiger partial charge in [-0.05, 0) is 82.0 Å². The molecule has 0 amide bonds. The molecule has 5 heteroatoms. The zero-order valence-corrected chi connectivity index (χ0v) is 18.8. The fourth-order valence-corrected chi connectivity index (χ4v) is 4.17. The second-order valence-corrected chi connectivity index (χ2v) is 8.44. The Morgan fingerprint density at radius 1 is 0.875 bits per heavy atom. The van der Waals surface area contributed by atoms with Crippen LogP contribution in [0.2, 0.25) is 0 Å². The SMILES string of the molecule is Oc1c(Br)cc(Cc2ccccc2)cc1C=Nc1ccc(-c2nc3ccccc3[nH]2)cc1. The molecule has 156 valence electrons. The Balaban J connectivity index is 1.37. The van der Waals surface area contributed by atoms with Crippen LogP contribution in [-0.2, 0) is 6.42 Å². The number of rotatable bonds is 5. The average molecular weight is 482 g/mol. The molecule has 0 saturated heterocycles. The first-order chi connectivity index (χ1) is 15.7.